The first-order chi connectivity index (χ1) is 17.9. The summed E-state index contributed by atoms with van der Waals surface area (Å²) < 4.78 is 28.5. The summed E-state index contributed by atoms with van der Waals surface area (Å²) in [5.41, 5.74) is 2.46. The van der Waals surface area contributed by atoms with E-state index in [0.29, 0.717) is 29.9 Å². The molecule has 2 aliphatic rings. The van der Waals surface area contributed by atoms with Gasteiger partial charge >= 0.3 is 0 Å². The van der Waals surface area contributed by atoms with Crippen molar-refractivity contribution in [2.45, 2.75) is 55.6 Å². The number of aliphatic hydroxyl groups is 6. The Morgan fingerprint density at radius 1 is 0.838 bits per heavy atom. The standard InChI is InChI=1S/C26H34O11/c1-33-18-10-14(5-6-17(18)35-26-23(32)22(31)21(30)20(12-29)36-26)24-16(11-28)15-8-13(4-3-7-27)9-19(34-2)25(15)37-24/h5-6,8-10,16,20-24,26-32H,3-4,7,11-12H2,1-2H3/t16?,20?,21-,22?,23+,24?,26-/m1/s1. The molecule has 7 atom stereocenters. The van der Waals surface area contributed by atoms with Crippen molar-refractivity contribution in [2.24, 2.45) is 0 Å². The molecule has 1 saturated heterocycles. The maximum atomic E-state index is 10.3. The Bertz CT molecular complexity index is 1060. The van der Waals surface area contributed by atoms with E-state index in [4.69, 9.17) is 23.7 Å². The van der Waals surface area contributed by atoms with Crippen molar-refractivity contribution in [3.05, 3.63) is 47.0 Å². The fourth-order valence-electron chi connectivity index (χ4n) is 4.78. The van der Waals surface area contributed by atoms with Crippen molar-refractivity contribution in [3.8, 4) is 23.0 Å². The lowest BCUT2D eigenvalue weighted by molar-refractivity contribution is -0.277. The average molecular weight is 523 g/mol. The fourth-order valence-corrected chi connectivity index (χ4v) is 4.78. The van der Waals surface area contributed by atoms with Crippen molar-refractivity contribution in [3.63, 3.8) is 0 Å². The minimum Gasteiger partial charge on any atom is -0.493 e. The van der Waals surface area contributed by atoms with Gasteiger partial charge in [0.25, 0.3) is 0 Å². The number of hydrogen-bond acceptors (Lipinski definition) is 11. The molecule has 11 heteroatoms. The van der Waals surface area contributed by atoms with Gasteiger partial charge in [-0.2, -0.15) is 0 Å². The molecule has 11 nitrogen and oxygen atoms in total. The van der Waals surface area contributed by atoms with Crippen LogP contribution in [0.3, 0.4) is 0 Å². The number of benzene rings is 2. The molecule has 2 heterocycles. The molecule has 0 radical (unpaired) electrons. The number of hydrogen-bond donors (Lipinski definition) is 6. The van der Waals surface area contributed by atoms with Gasteiger partial charge in [0.05, 0.1) is 33.4 Å². The number of aryl methyl sites for hydroxylation is 1. The van der Waals surface area contributed by atoms with Crippen LogP contribution in [-0.2, 0) is 11.2 Å². The Morgan fingerprint density at radius 2 is 1.59 bits per heavy atom. The fraction of sp³-hybridized carbons (Fsp3) is 0.538. The van der Waals surface area contributed by atoms with Gasteiger partial charge in [0.1, 0.15) is 30.5 Å². The van der Waals surface area contributed by atoms with E-state index in [1.54, 1.807) is 25.3 Å². The molecule has 37 heavy (non-hydrogen) atoms. The molecule has 2 aliphatic heterocycles. The molecule has 1 fully saturated rings. The topological polar surface area (TPSA) is 168 Å². The molecule has 0 spiro atoms. The Kier molecular flexibility index (Phi) is 8.75. The Morgan fingerprint density at radius 3 is 2.24 bits per heavy atom. The van der Waals surface area contributed by atoms with E-state index in [1.807, 2.05) is 12.1 Å². The molecule has 0 amide bonds. The first kappa shape index (κ1) is 27.4. The summed E-state index contributed by atoms with van der Waals surface area (Å²) in [4.78, 5) is 0. The third-order valence-corrected chi connectivity index (χ3v) is 6.80. The van der Waals surface area contributed by atoms with Crippen LogP contribution in [0.4, 0.5) is 0 Å². The maximum absolute atomic E-state index is 10.3. The van der Waals surface area contributed by atoms with Crippen LogP contribution in [0.2, 0.25) is 0 Å². The highest BCUT2D eigenvalue weighted by Crippen LogP contribution is 2.51. The lowest BCUT2D eigenvalue weighted by atomic mass is 9.90. The van der Waals surface area contributed by atoms with E-state index < -0.39 is 43.4 Å². The first-order valence-corrected chi connectivity index (χ1v) is 12.1. The molecular weight excluding hydrogens is 488 g/mol. The molecule has 204 valence electrons. The predicted octanol–water partition coefficient (Wildman–Crippen LogP) is 0.0170. The quantitative estimate of drug-likeness (QED) is 0.249. The molecule has 2 aromatic rings. The molecule has 2 aromatic carbocycles. The third-order valence-electron chi connectivity index (χ3n) is 6.80. The van der Waals surface area contributed by atoms with Crippen molar-refractivity contribution in [1.82, 2.24) is 0 Å². The van der Waals surface area contributed by atoms with Crippen LogP contribution < -0.4 is 18.9 Å². The first-order valence-electron chi connectivity index (χ1n) is 12.1. The second-order valence-electron chi connectivity index (χ2n) is 9.10. The molecule has 0 bridgehead atoms. The van der Waals surface area contributed by atoms with Gasteiger partial charge in [-0.15, -0.1) is 0 Å². The summed E-state index contributed by atoms with van der Waals surface area (Å²) in [7, 11) is 2.98. The van der Waals surface area contributed by atoms with Gasteiger partial charge in [0, 0.05) is 12.2 Å². The number of aliphatic hydroxyl groups excluding tert-OH is 6. The SMILES string of the molecule is COc1cc(C2Oc3c(OC)cc(CCCO)cc3C2CO)ccc1O[C@@H]1OC(CO)[C@@H](O)C(O)[C@@H]1O. The molecular formula is C26H34O11. The highest BCUT2D eigenvalue weighted by atomic mass is 16.7. The van der Waals surface area contributed by atoms with Gasteiger partial charge in [-0.05, 0) is 42.2 Å². The minimum atomic E-state index is -1.57. The second kappa shape index (κ2) is 11.8. The van der Waals surface area contributed by atoms with E-state index in [0.717, 1.165) is 11.1 Å². The van der Waals surface area contributed by atoms with Crippen LogP contribution in [-0.4, -0.2) is 95.4 Å². The lowest BCUT2D eigenvalue weighted by Gasteiger charge is -2.39. The summed E-state index contributed by atoms with van der Waals surface area (Å²) in [6, 6.07) is 8.81. The van der Waals surface area contributed by atoms with Gasteiger partial charge < -0.3 is 54.3 Å². The number of methoxy groups -OCH3 is 2. The molecule has 0 saturated carbocycles. The van der Waals surface area contributed by atoms with Crippen LogP contribution in [0.15, 0.2) is 30.3 Å². The van der Waals surface area contributed by atoms with Gasteiger partial charge in [-0.1, -0.05) is 12.1 Å². The van der Waals surface area contributed by atoms with E-state index >= 15 is 0 Å². The van der Waals surface area contributed by atoms with Gasteiger partial charge in [-0.3, -0.25) is 0 Å². The Labute approximate surface area is 214 Å². The van der Waals surface area contributed by atoms with Crippen molar-refractivity contribution in [2.75, 3.05) is 34.0 Å². The van der Waals surface area contributed by atoms with Crippen LogP contribution in [0.1, 0.15) is 35.1 Å². The number of fused-ring (bicyclic) bond motifs is 1. The molecule has 4 rings (SSSR count). The van der Waals surface area contributed by atoms with Crippen molar-refractivity contribution < 1.29 is 54.3 Å². The molecule has 0 aromatic heterocycles. The Balaban J connectivity index is 1.60. The Hall–Kier alpha value is -2.64. The normalized spacial score (nSPS) is 28.9. The summed E-state index contributed by atoms with van der Waals surface area (Å²) >= 11 is 0. The van der Waals surface area contributed by atoms with Gasteiger partial charge in [-0.25, -0.2) is 0 Å². The van der Waals surface area contributed by atoms with E-state index in [1.165, 1.54) is 7.11 Å². The van der Waals surface area contributed by atoms with Crippen LogP contribution in [0.25, 0.3) is 0 Å². The minimum absolute atomic E-state index is 0.0687. The third kappa shape index (κ3) is 5.34. The van der Waals surface area contributed by atoms with Crippen LogP contribution >= 0.6 is 0 Å². The number of ether oxygens (including phenoxy) is 5. The lowest BCUT2D eigenvalue weighted by Crippen LogP contribution is -2.60. The van der Waals surface area contributed by atoms with Crippen molar-refractivity contribution in [1.29, 1.82) is 0 Å². The van der Waals surface area contributed by atoms with Crippen LogP contribution in [0.5, 0.6) is 23.0 Å². The monoisotopic (exact) mass is 522 g/mol. The van der Waals surface area contributed by atoms with Gasteiger partial charge in [0.15, 0.2) is 23.0 Å². The zero-order chi connectivity index (χ0) is 26.7. The summed E-state index contributed by atoms with van der Waals surface area (Å²) in [5.74, 6) is 1.16. The van der Waals surface area contributed by atoms with Crippen LogP contribution in [0, 0.1) is 0 Å². The molecule has 4 unspecified atom stereocenters. The largest absolute Gasteiger partial charge is 0.493 e. The second-order valence-corrected chi connectivity index (χ2v) is 9.10. The highest BCUT2D eigenvalue weighted by Gasteiger charge is 2.45. The maximum Gasteiger partial charge on any atom is 0.229 e. The summed E-state index contributed by atoms with van der Waals surface area (Å²) in [5, 5.41) is 59.2. The molecule has 6 N–H and O–H groups in total. The smallest absolute Gasteiger partial charge is 0.229 e. The molecule has 0 aliphatic carbocycles. The van der Waals surface area contributed by atoms with E-state index in [-0.39, 0.29) is 30.6 Å². The zero-order valence-electron chi connectivity index (χ0n) is 20.7. The van der Waals surface area contributed by atoms with Crippen molar-refractivity contribution >= 4 is 0 Å². The zero-order valence-corrected chi connectivity index (χ0v) is 20.7. The highest BCUT2D eigenvalue weighted by molar-refractivity contribution is 5.56. The van der Waals surface area contributed by atoms with Gasteiger partial charge in [0.2, 0.25) is 6.29 Å². The van der Waals surface area contributed by atoms with E-state index in [9.17, 15) is 30.6 Å². The average Bonchev–Trinajstić information content (AvgIpc) is 3.30. The van der Waals surface area contributed by atoms with E-state index in [2.05, 4.69) is 0 Å². The predicted molar refractivity (Wildman–Crippen MR) is 129 cm³/mol. The number of rotatable bonds is 10. The summed E-state index contributed by atoms with van der Waals surface area (Å²) in [6.07, 6.45) is -6.42. The summed E-state index contributed by atoms with van der Waals surface area (Å²) in [6.45, 7) is -0.691.